The molecule has 0 heterocycles. The van der Waals surface area contributed by atoms with E-state index in [2.05, 4.69) is 0 Å². The number of hydrogen-bond donors (Lipinski definition) is 1. The molecular weight excluding hydrogens is 221 g/mol. The summed E-state index contributed by atoms with van der Waals surface area (Å²) in [6.07, 6.45) is -0.480. The van der Waals surface area contributed by atoms with E-state index < -0.39 is 6.17 Å². The molecule has 0 aliphatic heterocycles. The van der Waals surface area contributed by atoms with Crippen molar-refractivity contribution < 1.29 is 13.9 Å². The molecule has 3 nitrogen and oxygen atoms in total. The van der Waals surface area contributed by atoms with Crippen LogP contribution in [0.3, 0.4) is 0 Å². The summed E-state index contributed by atoms with van der Waals surface area (Å²) in [4.78, 5) is 0. The van der Waals surface area contributed by atoms with Gasteiger partial charge in [-0.1, -0.05) is 0 Å². The molecule has 2 atom stereocenters. The first kappa shape index (κ1) is 13.8. The minimum Gasteiger partial charge on any atom is -0.497 e. The topological polar surface area (TPSA) is 44.5 Å². The van der Waals surface area contributed by atoms with Crippen molar-refractivity contribution in [3.8, 4) is 11.5 Å². The number of ether oxygens (including phenoxy) is 2. The molecular formula is C13H20FNO2. The minimum atomic E-state index is -1.10. The summed E-state index contributed by atoms with van der Waals surface area (Å²) in [6, 6.07) is 3.49. The van der Waals surface area contributed by atoms with Gasteiger partial charge in [-0.3, -0.25) is 0 Å². The zero-order valence-corrected chi connectivity index (χ0v) is 10.8. The largest absolute Gasteiger partial charge is 0.497 e. The summed E-state index contributed by atoms with van der Waals surface area (Å²) in [5.41, 5.74) is 7.15. The molecule has 0 aliphatic carbocycles. The van der Waals surface area contributed by atoms with Gasteiger partial charge in [-0.05, 0) is 38.0 Å². The fourth-order valence-corrected chi connectivity index (χ4v) is 1.84. The van der Waals surface area contributed by atoms with Crippen molar-refractivity contribution in [2.45, 2.75) is 32.5 Å². The predicted molar refractivity (Wildman–Crippen MR) is 66.4 cm³/mol. The second-order valence-electron chi connectivity index (χ2n) is 4.21. The van der Waals surface area contributed by atoms with Crippen LogP contribution in [-0.2, 0) is 6.42 Å². The fourth-order valence-electron chi connectivity index (χ4n) is 1.84. The number of benzene rings is 1. The molecule has 0 saturated heterocycles. The van der Waals surface area contributed by atoms with Gasteiger partial charge in [0.1, 0.15) is 17.7 Å². The third kappa shape index (κ3) is 3.33. The van der Waals surface area contributed by atoms with E-state index in [0.29, 0.717) is 23.5 Å². The number of halogens is 1. The molecule has 1 rings (SSSR count). The normalized spacial score (nSPS) is 14.2. The molecule has 1 aromatic rings. The van der Waals surface area contributed by atoms with Gasteiger partial charge in [0.25, 0.3) is 0 Å². The predicted octanol–water partition coefficient (Wildman–Crippen LogP) is 2.62. The van der Waals surface area contributed by atoms with E-state index in [0.717, 1.165) is 5.56 Å². The molecule has 2 N–H and O–H groups in total. The highest BCUT2D eigenvalue weighted by atomic mass is 19.1. The molecule has 2 unspecified atom stereocenters. The monoisotopic (exact) mass is 241 g/mol. The maximum absolute atomic E-state index is 13.5. The van der Waals surface area contributed by atoms with Crippen LogP contribution in [0.15, 0.2) is 12.1 Å². The molecule has 0 bridgehead atoms. The van der Waals surface area contributed by atoms with Crippen LogP contribution in [0.25, 0.3) is 0 Å². The quantitative estimate of drug-likeness (QED) is 0.861. The molecule has 0 aliphatic rings. The summed E-state index contributed by atoms with van der Waals surface area (Å²) in [7, 11) is 3.10. The van der Waals surface area contributed by atoms with Crippen LogP contribution in [0.4, 0.5) is 4.39 Å². The van der Waals surface area contributed by atoms with E-state index in [-0.39, 0.29) is 6.04 Å². The van der Waals surface area contributed by atoms with Gasteiger partial charge in [0.15, 0.2) is 0 Å². The van der Waals surface area contributed by atoms with Gasteiger partial charge < -0.3 is 15.2 Å². The molecule has 0 radical (unpaired) electrons. The van der Waals surface area contributed by atoms with Crippen LogP contribution in [-0.4, -0.2) is 20.3 Å². The first-order chi connectivity index (χ1) is 7.99. The lowest BCUT2D eigenvalue weighted by atomic mass is 10.00. The van der Waals surface area contributed by atoms with Crippen molar-refractivity contribution in [3.05, 3.63) is 23.3 Å². The Bertz CT molecular complexity index is 378. The van der Waals surface area contributed by atoms with E-state index in [1.807, 2.05) is 13.0 Å². The Labute approximate surface area is 102 Å². The van der Waals surface area contributed by atoms with Crippen LogP contribution in [0.1, 0.15) is 31.1 Å². The minimum absolute atomic E-state index is 0.0150. The van der Waals surface area contributed by atoms with Gasteiger partial charge in [0.05, 0.1) is 14.2 Å². The lowest BCUT2D eigenvalue weighted by molar-refractivity contribution is 0.339. The molecule has 0 aromatic heterocycles. The standard InChI is InChI=1S/C13H20FNO2/c1-8(15)5-10-6-11(16-3)7-12(9(2)14)13(10)17-4/h6-9H,5,15H2,1-4H3. The number of nitrogens with two attached hydrogens (primary N) is 1. The van der Waals surface area contributed by atoms with Gasteiger partial charge in [-0.2, -0.15) is 0 Å². The van der Waals surface area contributed by atoms with Crippen molar-refractivity contribution in [1.82, 2.24) is 0 Å². The first-order valence-electron chi connectivity index (χ1n) is 5.64. The Kier molecular flexibility index (Phi) is 4.75. The van der Waals surface area contributed by atoms with Crippen LogP contribution in [0, 0.1) is 0 Å². The molecule has 0 saturated carbocycles. The van der Waals surface area contributed by atoms with Crippen LogP contribution < -0.4 is 15.2 Å². The van der Waals surface area contributed by atoms with Gasteiger partial charge in [-0.15, -0.1) is 0 Å². The van der Waals surface area contributed by atoms with E-state index in [1.54, 1.807) is 20.3 Å². The summed E-state index contributed by atoms with van der Waals surface area (Å²) >= 11 is 0. The lowest BCUT2D eigenvalue weighted by Gasteiger charge is -2.17. The smallest absolute Gasteiger partial charge is 0.128 e. The van der Waals surface area contributed by atoms with Crippen molar-refractivity contribution in [1.29, 1.82) is 0 Å². The molecule has 4 heteroatoms. The number of rotatable bonds is 5. The van der Waals surface area contributed by atoms with Crippen LogP contribution in [0.2, 0.25) is 0 Å². The summed E-state index contributed by atoms with van der Waals surface area (Å²) in [5.74, 6) is 1.19. The van der Waals surface area contributed by atoms with E-state index in [9.17, 15) is 4.39 Å². The number of alkyl halides is 1. The van der Waals surface area contributed by atoms with E-state index in [1.165, 1.54) is 6.92 Å². The third-order valence-corrected chi connectivity index (χ3v) is 2.58. The number of hydrogen-bond acceptors (Lipinski definition) is 3. The Morgan fingerprint density at radius 1 is 1.24 bits per heavy atom. The van der Waals surface area contributed by atoms with Crippen molar-refractivity contribution in [2.75, 3.05) is 14.2 Å². The molecule has 96 valence electrons. The lowest BCUT2D eigenvalue weighted by Crippen LogP contribution is -2.18. The van der Waals surface area contributed by atoms with Gasteiger partial charge in [0.2, 0.25) is 0 Å². The average molecular weight is 241 g/mol. The average Bonchev–Trinajstić information content (AvgIpc) is 2.26. The highest BCUT2D eigenvalue weighted by molar-refractivity contribution is 5.48. The Balaban J connectivity index is 3.28. The van der Waals surface area contributed by atoms with Crippen molar-refractivity contribution in [3.63, 3.8) is 0 Å². The molecule has 0 spiro atoms. The maximum Gasteiger partial charge on any atom is 0.128 e. The van der Waals surface area contributed by atoms with Gasteiger partial charge in [-0.25, -0.2) is 4.39 Å². The van der Waals surface area contributed by atoms with Crippen LogP contribution >= 0.6 is 0 Å². The van der Waals surface area contributed by atoms with Gasteiger partial charge >= 0.3 is 0 Å². The Morgan fingerprint density at radius 3 is 2.29 bits per heavy atom. The van der Waals surface area contributed by atoms with E-state index >= 15 is 0 Å². The molecule has 0 fully saturated rings. The molecule has 0 amide bonds. The third-order valence-electron chi connectivity index (χ3n) is 2.58. The van der Waals surface area contributed by atoms with Crippen molar-refractivity contribution in [2.24, 2.45) is 5.73 Å². The summed E-state index contributed by atoms with van der Waals surface area (Å²) in [6.45, 7) is 3.38. The summed E-state index contributed by atoms with van der Waals surface area (Å²) < 4.78 is 24.0. The Morgan fingerprint density at radius 2 is 1.88 bits per heavy atom. The molecule has 1 aromatic carbocycles. The van der Waals surface area contributed by atoms with Crippen LogP contribution in [0.5, 0.6) is 11.5 Å². The second-order valence-corrected chi connectivity index (χ2v) is 4.21. The SMILES string of the molecule is COc1cc(CC(C)N)c(OC)c(C(C)F)c1. The zero-order valence-electron chi connectivity index (χ0n) is 10.8. The first-order valence-corrected chi connectivity index (χ1v) is 5.64. The van der Waals surface area contributed by atoms with Gasteiger partial charge in [0, 0.05) is 11.6 Å². The maximum atomic E-state index is 13.5. The Hall–Kier alpha value is -1.29. The fraction of sp³-hybridized carbons (Fsp3) is 0.538. The number of methoxy groups -OCH3 is 2. The summed E-state index contributed by atoms with van der Waals surface area (Å²) in [5, 5.41) is 0. The highest BCUT2D eigenvalue weighted by Gasteiger charge is 2.17. The molecule has 17 heavy (non-hydrogen) atoms. The van der Waals surface area contributed by atoms with Crippen molar-refractivity contribution >= 4 is 0 Å². The zero-order chi connectivity index (χ0) is 13.0. The second kappa shape index (κ2) is 5.87. The van der Waals surface area contributed by atoms with E-state index in [4.69, 9.17) is 15.2 Å². The highest BCUT2D eigenvalue weighted by Crippen LogP contribution is 2.35.